The lowest BCUT2D eigenvalue weighted by molar-refractivity contribution is -0.173. The van der Waals surface area contributed by atoms with Crippen molar-refractivity contribution in [2.45, 2.75) is 118 Å². The van der Waals surface area contributed by atoms with E-state index in [1.807, 2.05) is 46.8 Å². The monoisotopic (exact) mass is 798 g/mol. The van der Waals surface area contributed by atoms with Gasteiger partial charge in [0.1, 0.15) is 35.8 Å². The third-order valence-electron chi connectivity index (χ3n) is 9.61. The van der Waals surface area contributed by atoms with Crippen LogP contribution >= 0.6 is 7.75 Å². The summed E-state index contributed by atoms with van der Waals surface area (Å²) in [6.45, 7) is 17.2. The number of hydrogen-bond acceptors (Lipinski definition) is 14. The van der Waals surface area contributed by atoms with Crippen LogP contribution in [0.2, 0.25) is 0 Å². The standard InChI is InChI=1S/C39H55N6O10P/c1-11-27(12-2)18-50-38(48)26(10)44-56(49,55-30-17-25(9)13-14-28(30)22(3)4)51-19-31-33(52-36(46)23(5)6)34(53-37(47)24(7)8)39(20-40,54-31)32-16-15-29-35(41)42-21-43-45(29)32/h13-17,21-24,26-27,31,33-34H,11-12,18-19H2,1-10H3,(H,44,49)(H2,41,42,43)/t26-,31+,33+,34+,39-,56?/m0/s1. The Bertz CT molecular complexity index is 1960. The van der Waals surface area contributed by atoms with Gasteiger partial charge in [-0.05, 0) is 55.0 Å². The number of nitrogens with two attached hydrogens (primary N) is 1. The second-order valence-corrected chi connectivity index (χ2v) is 16.7. The van der Waals surface area contributed by atoms with Crippen LogP contribution in [0.5, 0.6) is 5.75 Å². The van der Waals surface area contributed by atoms with Crippen molar-refractivity contribution in [1.29, 1.82) is 5.26 Å². The number of anilines is 1. The second-order valence-electron chi connectivity index (χ2n) is 15.0. The van der Waals surface area contributed by atoms with E-state index in [0.29, 0.717) is 5.52 Å². The predicted molar refractivity (Wildman–Crippen MR) is 206 cm³/mol. The van der Waals surface area contributed by atoms with Crippen LogP contribution in [-0.2, 0) is 48.0 Å². The van der Waals surface area contributed by atoms with Crippen LogP contribution in [0.4, 0.5) is 5.82 Å². The first-order valence-electron chi connectivity index (χ1n) is 19.0. The molecule has 17 heteroatoms. The molecule has 3 aromatic rings. The van der Waals surface area contributed by atoms with Crippen molar-refractivity contribution in [2.75, 3.05) is 18.9 Å². The minimum Gasteiger partial charge on any atom is -0.464 e. The van der Waals surface area contributed by atoms with Crippen molar-refractivity contribution in [2.24, 2.45) is 17.8 Å². The van der Waals surface area contributed by atoms with E-state index in [0.717, 1.165) is 24.0 Å². The molecule has 4 rings (SSSR count). The van der Waals surface area contributed by atoms with Crippen LogP contribution in [0, 0.1) is 36.0 Å². The highest BCUT2D eigenvalue weighted by atomic mass is 31.2. The number of carbonyl (C=O) groups excluding carboxylic acids is 3. The maximum atomic E-state index is 14.9. The van der Waals surface area contributed by atoms with Gasteiger partial charge in [0, 0.05) is 0 Å². The Labute approximate surface area is 328 Å². The van der Waals surface area contributed by atoms with Gasteiger partial charge in [0.25, 0.3) is 0 Å². The Kier molecular flexibility index (Phi) is 14.7. The largest absolute Gasteiger partial charge is 0.464 e. The molecule has 1 unspecified atom stereocenters. The van der Waals surface area contributed by atoms with Crippen molar-refractivity contribution in [1.82, 2.24) is 19.7 Å². The summed E-state index contributed by atoms with van der Waals surface area (Å²) in [6, 6.07) is 9.50. The number of nitriles is 1. The lowest BCUT2D eigenvalue weighted by Crippen LogP contribution is -2.47. The highest BCUT2D eigenvalue weighted by molar-refractivity contribution is 7.52. The number of hydrogen-bond donors (Lipinski definition) is 2. The van der Waals surface area contributed by atoms with Gasteiger partial charge in [-0.1, -0.05) is 80.4 Å². The molecule has 0 spiro atoms. The van der Waals surface area contributed by atoms with Crippen LogP contribution in [0.1, 0.15) is 97.9 Å². The Morgan fingerprint density at radius 3 is 2.29 bits per heavy atom. The molecule has 1 saturated heterocycles. The molecule has 0 radical (unpaired) electrons. The molecule has 3 N–H and O–H groups in total. The topological polar surface area (TPSA) is 216 Å². The molecule has 0 saturated carbocycles. The number of esters is 3. The molecule has 2 aromatic heterocycles. The van der Waals surface area contributed by atoms with Gasteiger partial charge in [0.2, 0.25) is 5.60 Å². The number of nitrogens with one attached hydrogen (secondary N) is 1. The Morgan fingerprint density at radius 2 is 1.68 bits per heavy atom. The molecule has 1 aliphatic rings. The van der Waals surface area contributed by atoms with Gasteiger partial charge in [0.05, 0.1) is 30.7 Å². The molecular formula is C39H55N6O10P. The summed E-state index contributed by atoms with van der Waals surface area (Å²) in [4.78, 5) is 43.8. The number of aryl methyl sites for hydroxylation is 1. The van der Waals surface area contributed by atoms with E-state index in [4.69, 9.17) is 33.7 Å². The van der Waals surface area contributed by atoms with E-state index < -0.39 is 74.1 Å². The average Bonchev–Trinajstić information content (AvgIpc) is 3.71. The lowest BCUT2D eigenvalue weighted by atomic mass is 9.92. The zero-order chi connectivity index (χ0) is 41.5. The van der Waals surface area contributed by atoms with Gasteiger partial charge in [-0.25, -0.2) is 14.1 Å². The van der Waals surface area contributed by atoms with Crippen molar-refractivity contribution in [3.05, 3.63) is 53.5 Å². The van der Waals surface area contributed by atoms with Gasteiger partial charge in [-0.15, -0.1) is 0 Å². The molecule has 1 aliphatic heterocycles. The summed E-state index contributed by atoms with van der Waals surface area (Å²) < 4.78 is 52.5. The van der Waals surface area contributed by atoms with E-state index in [-0.39, 0.29) is 35.7 Å². The molecule has 306 valence electrons. The van der Waals surface area contributed by atoms with E-state index in [9.17, 15) is 24.2 Å². The highest BCUT2D eigenvalue weighted by Crippen LogP contribution is 2.50. The molecular weight excluding hydrogens is 743 g/mol. The fraction of sp³-hybridized carbons (Fsp3) is 0.590. The number of nitrogen functional groups attached to an aromatic ring is 1. The molecule has 0 amide bonds. The number of nitrogens with zero attached hydrogens (tertiary/aromatic N) is 4. The van der Waals surface area contributed by atoms with Crippen LogP contribution in [-0.4, -0.2) is 70.1 Å². The minimum atomic E-state index is -4.55. The van der Waals surface area contributed by atoms with Crippen LogP contribution < -0.4 is 15.3 Å². The quantitative estimate of drug-likeness (QED) is 0.0837. The van der Waals surface area contributed by atoms with Gasteiger partial charge in [0.15, 0.2) is 18.0 Å². The first kappa shape index (κ1) is 44.2. The maximum Gasteiger partial charge on any atom is 0.459 e. The van der Waals surface area contributed by atoms with Crippen molar-refractivity contribution in [3.8, 4) is 11.8 Å². The number of ether oxygens (including phenoxy) is 4. The number of aromatic nitrogens is 3. The molecule has 0 bridgehead atoms. The van der Waals surface area contributed by atoms with Crippen molar-refractivity contribution < 1.29 is 46.9 Å². The first-order chi connectivity index (χ1) is 26.4. The summed E-state index contributed by atoms with van der Waals surface area (Å²) >= 11 is 0. The predicted octanol–water partition coefficient (Wildman–Crippen LogP) is 6.16. The SMILES string of the molecule is CCC(CC)COC(=O)[C@H](C)NP(=O)(OC[C@H]1O[C@@](C#N)(c2ccc3c(N)ncnn23)[C@H](OC(=O)C(C)C)[C@@H]1OC(=O)C(C)C)Oc1cc(C)ccc1C(C)C. The maximum absolute atomic E-state index is 14.9. The van der Waals surface area contributed by atoms with Gasteiger partial charge in [-0.3, -0.25) is 18.9 Å². The molecule has 6 atom stereocenters. The summed E-state index contributed by atoms with van der Waals surface area (Å²) in [5.41, 5.74) is 5.89. The third-order valence-corrected chi connectivity index (χ3v) is 11.2. The van der Waals surface area contributed by atoms with E-state index in [1.54, 1.807) is 39.8 Å². The molecule has 0 aliphatic carbocycles. The Balaban J connectivity index is 1.81. The molecule has 1 fully saturated rings. The zero-order valence-electron chi connectivity index (χ0n) is 33.8. The van der Waals surface area contributed by atoms with E-state index in [1.165, 1.54) is 23.8 Å². The number of benzene rings is 1. The average molecular weight is 799 g/mol. The highest BCUT2D eigenvalue weighted by Gasteiger charge is 2.63. The molecule has 16 nitrogen and oxygen atoms in total. The van der Waals surface area contributed by atoms with Gasteiger partial charge >= 0.3 is 25.7 Å². The third kappa shape index (κ3) is 9.87. The minimum absolute atomic E-state index is 0.0539. The Hall–Kier alpha value is -4.55. The summed E-state index contributed by atoms with van der Waals surface area (Å²) in [7, 11) is -4.55. The van der Waals surface area contributed by atoms with Gasteiger partial charge < -0.3 is 29.2 Å². The van der Waals surface area contributed by atoms with E-state index in [2.05, 4.69) is 21.2 Å². The second kappa shape index (κ2) is 18.6. The first-order valence-corrected chi connectivity index (χ1v) is 20.5. The van der Waals surface area contributed by atoms with Gasteiger partial charge in [-0.2, -0.15) is 15.4 Å². The van der Waals surface area contributed by atoms with Crippen LogP contribution in [0.3, 0.4) is 0 Å². The normalized spacial score (nSPS) is 21.3. The molecule has 1 aromatic carbocycles. The number of carbonyl (C=O) groups is 3. The number of fused-ring (bicyclic) bond motifs is 1. The molecule has 56 heavy (non-hydrogen) atoms. The smallest absolute Gasteiger partial charge is 0.459 e. The fourth-order valence-corrected chi connectivity index (χ4v) is 7.58. The van der Waals surface area contributed by atoms with Crippen molar-refractivity contribution >= 4 is 37.0 Å². The van der Waals surface area contributed by atoms with Crippen molar-refractivity contribution in [3.63, 3.8) is 0 Å². The van der Waals surface area contributed by atoms with E-state index >= 15 is 0 Å². The Morgan fingerprint density at radius 1 is 1.02 bits per heavy atom. The summed E-state index contributed by atoms with van der Waals surface area (Å²) in [6.07, 6.45) is -1.65. The molecule has 3 heterocycles. The van der Waals surface area contributed by atoms with Crippen LogP contribution in [0.25, 0.3) is 5.52 Å². The lowest BCUT2D eigenvalue weighted by Gasteiger charge is -2.29. The summed E-state index contributed by atoms with van der Waals surface area (Å²) in [5, 5.41) is 18.0. The van der Waals surface area contributed by atoms with Crippen LogP contribution in [0.15, 0.2) is 36.7 Å². The zero-order valence-corrected chi connectivity index (χ0v) is 34.7. The fourth-order valence-electron chi connectivity index (χ4n) is 6.06. The number of rotatable bonds is 18. The summed E-state index contributed by atoms with van der Waals surface area (Å²) in [5.74, 6) is -2.94.